The van der Waals surface area contributed by atoms with Crippen molar-refractivity contribution in [1.82, 2.24) is 0 Å². The zero-order valence-corrected chi connectivity index (χ0v) is 18.9. The number of carboxylic acids is 1. The van der Waals surface area contributed by atoms with Gasteiger partial charge in [0.25, 0.3) is 0 Å². The number of carbonyl (C=O) groups excluding carboxylic acids is 1. The summed E-state index contributed by atoms with van der Waals surface area (Å²) >= 11 is 7.50. The van der Waals surface area contributed by atoms with Crippen molar-refractivity contribution >= 4 is 23.5 Å². The number of fused-ring (bicyclic) bond motifs is 5. The molecule has 0 saturated heterocycles. The lowest BCUT2D eigenvalue weighted by molar-refractivity contribution is -0.166. The maximum atomic E-state index is 12.2. The molecule has 0 spiro atoms. The van der Waals surface area contributed by atoms with Gasteiger partial charge in [0.05, 0.1) is 11.3 Å². The molecule has 6 heteroatoms. The minimum Gasteiger partial charge on any atom is -0.479 e. The van der Waals surface area contributed by atoms with E-state index in [2.05, 4.69) is 19.9 Å². The van der Waals surface area contributed by atoms with E-state index in [0.29, 0.717) is 17.3 Å². The summed E-state index contributed by atoms with van der Waals surface area (Å²) in [6, 6.07) is 0. The van der Waals surface area contributed by atoms with Gasteiger partial charge >= 0.3 is 11.9 Å². The van der Waals surface area contributed by atoms with Gasteiger partial charge in [-0.15, -0.1) is 11.6 Å². The van der Waals surface area contributed by atoms with Crippen molar-refractivity contribution in [2.75, 3.05) is 0 Å². The number of esters is 1. The molecule has 0 heterocycles. The number of hydrogen-bond acceptors (Lipinski definition) is 4. The maximum absolute atomic E-state index is 12.2. The highest BCUT2D eigenvalue weighted by molar-refractivity contribution is 6.25. The van der Waals surface area contributed by atoms with E-state index in [1.54, 1.807) is 0 Å². The Hall–Kier alpha value is -1.33. The molecule has 2 N–H and O–H groups in total. The third-order valence-corrected chi connectivity index (χ3v) is 9.61. The molecule has 30 heavy (non-hydrogen) atoms. The highest BCUT2D eigenvalue weighted by Gasteiger charge is 2.63. The molecule has 4 rings (SSSR count). The molecule has 166 valence electrons. The summed E-state index contributed by atoms with van der Waals surface area (Å²) in [6.07, 6.45) is 12.9. The molecule has 3 fully saturated rings. The summed E-state index contributed by atoms with van der Waals surface area (Å²) in [7, 11) is 0. The van der Waals surface area contributed by atoms with E-state index in [-0.39, 0.29) is 10.3 Å². The number of allylic oxidation sites excluding steroid dienone is 2. The number of hydrogen-bond donors (Lipinski definition) is 2. The van der Waals surface area contributed by atoms with Gasteiger partial charge in [-0.1, -0.05) is 31.9 Å². The third-order valence-electron chi connectivity index (χ3n) is 8.75. The van der Waals surface area contributed by atoms with Crippen LogP contribution in [0.25, 0.3) is 0 Å². The van der Waals surface area contributed by atoms with Crippen molar-refractivity contribution in [3.63, 3.8) is 0 Å². The van der Waals surface area contributed by atoms with Crippen LogP contribution in [-0.4, -0.2) is 38.7 Å². The van der Waals surface area contributed by atoms with Crippen LogP contribution in [0.1, 0.15) is 72.1 Å². The van der Waals surface area contributed by atoms with E-state index in [1.165, 1.54) is 24.8 Å². The Morgan fingerprint density at radius 2 is 1.97 bits per heavy atom. The topological polar surface area (TPSA) is 83.8 Å². The van der Waals surface area contributed by atoms with Crippen LogP contribution in [0.5, 0.6) is 0 Å². The van der Waals surface area contributed by atoms with E-state index in [4.69, 9.17) is 21.4 Å². The van der Waals surface area contributed by atoms with Crippen LogP contribution in [0.3, 0.4) is 0 Å². The third kappa shape index (κ3) is 3.24. The van der Waals surface area contributed by atoms with Crippen molar-refractivity contribution in [2.45, 2.75) is 88.7 Å². The Kier molecular flexibility index (Phi) is 5.18. The van der Waals surface area contributed by atoms with Crippen LogP contribution in [0.15, 0.2) is 23.8 Å². The Morgan fingerprint density at radius 3 is 2.67 bits per heavy atom. The fourth-order valence-corrected chi connectivity index (χ4v) is 7.35. The lowest BCUT2D eigenvalue weighted by atomic mass is 9.48. The van der Waals surface area contributed by atoms with Gasteiger partial charge in [-0.2, -0.15) is 0 Å². The Labute approximate surface area is 183 Å². The molecule has 0 aliphatic heterocycles. The van der Waals surface area contributed by atoms with Gasteiger partial charge in [-0.05, 0) is 74.9 Å². The predicted molar refractivity (Wildman–Crippen MR) is 114 cm³/mol. The monoisotopic (exact) mass is 436 g/mol. The molecule has 0 radical (unpaired) electrons. The fraction of sp³-hybridized carbons (Fsp3) is 0.750. The van der Waals surface area contributed by atoms with Gasteiger partial charge < -0.3 is 14.9 Å². The van der Waals surface area contributed by atoms with Crippen LogP contribution >= 0.6 is 11.6 Å². The molecule has 0 bridgehead atoms. The van der Waals surface area contributed by atoms with Crippen molar-refractivity contribution in [1.29, 1.82) is 0 Å². The first-order chi connectivity index (χ1) is 13.9. The molecule has 7 atom stereocenters. The van der Waals surface area contributed by atoms with Crippen LogP contribution in [0.2, 0.25) is 0 Å². The molecule has 0 aromatic heterocycles. The first kappa shape index (κ1) is 21.9. The van der Waals surface area contributed by atoms with Gasteiger partial charge in [0.1, 0.15) is 6.10 Å². The summed E-state index contributed by atoms with van der Waals surface area (Å²) in [5.74, 6) is -0.990. The number of carboxylic acid groups (broad SMARTS) is 1. The van der Waals surface area contributed by atoms with E-state index >= 15 is 0 Å². The summed E-state index contributed by atoms with van der Waals surface area (Å²) in [5, 5.41) is 18.8. The highest BCUT2D eigenvalue weighted by Crippen LogP contribution is 2.68. The SMILES string of the molecule is CC(O)(CC(=O)O[C@@H]1C=C[C@@]2(C)C(=C1)CC[C@H]1[C@@H]3CCC[C@@]3(C)CC[C@@]12Cl)C(=O)O. The van der Waals surface area contributed by atoms with Gasteiger partial charge in [0.15, 0.2) is 5.60 Å². The number of halogens is 1. The zero-order valence-electron chi connectivity index (χ0n) is 18.1. The first-order valence-corrected chi connectivity index (χ1v) is 11.5. The zero-order chi connectivity index (χ0) is 21.9. The van der Waals surface area contributed by atoms with Crippen molar-refractivity contribution in [3.05, 3.63) is 23.8 Å². The number of alkyl halides is 1. The van der Waals surface area contributed by atoms with E-state index < -0.39 is 30.1 Å². The van der Waals surface area contributed by atoms with E-state index in [1.807, 2.05) is 12.2 Å². The minimum absolute atomic E-state index is 0.267. The van der Waals surface area contributed by atoms with Gasteiger partial charge in [0, 0.05) is 5.41 Å². The number of aliphatic carboxylic acids is 1. The minimum atomic E-state index is -2.13. The quantitative estimate of drug-likeness (QED) is 0.382. The molecular formula is C24H33ClO5. The van der Waals surface area contributed by atoms with Gasteiger partial charge in [0.2, 0.25) is 0 Å². The van der Waals surface area contributed by atoms with Crippen molar-refractivity contribution in [2.24, 2.45) is 22.7 Å². The number of carbonyl (C=O) groups is 2. The Bertz CT molecular complexity index is 816. The molecule has 0 aromatic rings. The lowest BCUT2D eigenvalue weighted by Crippen LogP contribution is -2.58. The lowest BCUT2D eigenvalue weighted by Gasteiger charge is -2.61. The largest absolute Gasteiger partial charge is 0.479 e. The number of aliphatic hydroxyl groups is 1. The van der Waals surface area contributed by atoms with Crippen LogP contribution in [0.4, 0.5) is 0 Å². The second-order valence-electron chi connectivity index (χ2n) is 10.6. The van der Waals surface area contributed by atoms with Crippen LogP contribution in [-0.2, 0) is 14.3 Å². The molecule has 1 unspecified atom stereocenters. The smallest absolute Gasteiger partial charge is 0.335 e. The summed E-state index contributed by atoms with van der Waals surface area (Å²) < 4.78 is 5.46. The molecule has 3 saturated carbocycles. The molecule has 0 amide bonds. The van der Waals surface area contributed by atoms with Gasteiger partial charge in [-0.25, -0.2) is 4.79 Å². The Balaban J connectivity index is 1.52. The normalized spacial score (nSPS) is 44.2. The summed E-state index contributed by atoms with van der Waals surface area (Å²) in [4.78, 5) is 22.9. The standard InChI is InChI=1S/C24H33ClO5/c1-21-9-4-5-17(21)18-7-6-15-13-16(30-19(26)14-23(3,29)20(27)28)8-10-22(15,2)24(18,25)12-11-21/h8,10,13,16-18,29H,4-7,9,11-12,14H2,1-3H3,(H,27,28)/t16-,17+,18+,21+,22+,23?,24-/m1/s1. The van der Waals surface area contributed by atoms with E-state index in [9.17, 15) is 14.7 Å². The molecule has 4 aliphatic rings. The average molecular weight is 437 g/mol. The predicted octanol–water partition coefficient (Wildman–Crippen LogP) is 4.61. The fourth-order valence-electron chi connectivity index (χ4n) is 6.81. The second-order valence-corrected chi connectivity index (χ2v) is 11.3. The van der Waals surface area contributed by atoms with Crippen LogP contribution in [0, 0.1) is 22.7 Å². The van der Waals surface area contributed by atoms with Gasteiger partial charge in [-0.3, -0.25) is 4.79 Å². The van der Waals surface area contributed by atoms with Crippen LogP contribution < -0.4 is 0 Å². The van der Waals surface area contributed by atoms with Crippen molar-refractivity contribution < 1.29 is 24.5 Å². The highest BCUT2D eigenvalue weighted by atomic mass is 35.5. The second kappa shape index (κ2) is 7.09. The summed E-state index contributed by atoms with van der Waals surface area (Å²) in [6.45, 7) is 5.77. The maximum Gasteiger partial charge on any atom is 0.335 e. The summed E-state index contributed by atoms with van der Waals surface area (Å²) in [5.41, 5.74) is -0.763. The Morgan fingerprint density at radius 1 is 1.23 bits per heavy atom. The molecule has 5 nitrogen and oxygen atoms in total. The number of ether oxygens (including phenoxy) is 1. The molecule has 0 aromatic carbocycles. The number of rotatable bonds is 4. The first-order valence-electron chi connectivity index (χ1n) is 11.2. The molecule has 4 aliphatic carbocycles. The molecular weight excluding hydrogens is 404 g/mol. The van der Waals surface area contributed by atoms with Crippen molar-refractivity contribution in [3.8, 4) is 0 Å². The average Bonchev–Trinajstić information content (AvgIpc) is 3.04. The van der Waals surface area contributed by atoms with E-state index in [0.717, 1.165) is 32.6 Å².